The Morgan fingerprint density at radius 3 is 0.837 bits per heavy atom. The summed E-state index contributed by atoms with van der Waals surface area (Å²) in [4.78, 5) is 0. The number of furan rings is 3. The zero-order valence-corrected chi connectivity index (χ0v) is 79.4. The standard InChI is InChI=1S/3C46H28N2O/c1-2-13-32-29(11-1)12-9-21-40(32)48-42-20-7-4-15-35(42)39-27-38-34-14-3-6-19-41(34)47(43(38)28-44(39)48)31-25-23-30(24-26-31)33-17-10-18-37-36-16-5-8-22-45(36)49-46(33)37;1-2-11-31-26-33(25-20-29(31)10-1)48-42-18-7-4-13-36(42)40-27-39-35-12-3-6-17-41(35)47(43(39)28-44(40)48)32-23-21-30(22-24-32)34-15-9-16-38-37-14-5-8-19-45(37)49-46(34)38;1-2-13-29(14-3-1)47-40-22-9-6-17-33(40)38-27-39-34-18-7-10-23-41(34)48(44(39)28-43(38)47)42-26-25-31(30-15-4-5-16-32(30)42)36-20-12-21-37-35-19-8-11-24-45(35)49-46(36)37/h3*1-28H. The summed E-state index contributed by atoms with van der Waals surface area (Å²) in [5.41, 5.74) is 33.5. The Hall–Kier alpha value is -19.7. The van der Waals surface area contributed by atoms with Gasteiger partial charge in [0.25, 0.3) is 0 Å². The van der Waals surface area contributed by atoms with Crippen LogP contribution in [0.15, 0.2) is 523 Å². The molecule has 9 heterocycles. The van der Waals surface area contributed by atoms with E-state index in [1.165, 1.54) is 169 Å². The summed E-state index contributed by atoms with van der Waals surface area (Å²) in [6.07, 6.45) is 0. The first-order chi connectivity index (χ1) is 72.9. The van der Waals surface area contributed by atoms with E-state index in [-0.39, 0.29) is 0 Å². The SMILES string of the molecule is c1ccc(-n2c3ccccc3c3cc4c5ccccc5n(-c5ccc(-c6cccc7c6oc6ccccc67)c6ccccc56)c4cc32)cc1.c1ccc2c(-n3c4ccccc4c4cc5c6ccccc6n(-c6ccc(-c7cccc8c7oc7ccccc78)cc6)c5cc43)cccc2c1.c1ccc2cc(-n3c4ccccc4c4cc5c6ccccc6n(-c6ccc(-c7cccc8c7oc7ccccc78)cc6)c5cc43)ccc2c1. The molecule has 0 saturated carbocycles. The lowest BCUT2D eigenvalue weighted by molar-refractivity contribution is 0.669. The van der Waals surface area contributed by atoms with Crippen molar-refractivity contribution < 1.29 is 13.3 Å². The van der Waals surface area contributed by atoms with Crippen LogP contribution in [-0.4, -0.2) is 27.4 Å². The molecule has 0 radical (unpaired) electrons. The van der Waals surface area contributed by atoms with Crippen LogP contribution < -0.4 is 0 Å². The molecule has 0 amide bonds. The Morgan fingerprint density at radius 2 is 0.408 bits per heavy atom. The maximum atomic E-state index is 6.51. The first-order valence-corrected chi connectivity index (χ1v) is 50.3. The Balaban J connectivity index is 0.0000000999. The number of nitrogens with zero attached hydrogens (tertiary/aromatic N) is 6. The number of rotatable bonds is 9. The van der Waals surface area contributed by atoms with E-state index < -0.39 is 0 Å². The van der Waals surface area contributed by atoms with Crippen LogP contribution in [0.2, 0.25) is 0 Å². The van der Waals surface area contributed by atoms with Crippen LogP contribution in [0.3, 0.4) is 0 Å². The van der Waals surface area contributed by atoms with Crippen LogP contribution in [0, 0.1) is 0 Å². The Bertz CT molecular complexity index is 11300. The van der Waals surface area contributed by atoms with Gasteiger partial charge >= 0.3 is 0 Å². The second-order valence-corrected chi connectivity index (χ2v) is 38.8. The second-order valence-electron chi connectivity index (χ2n) is 38.8. The maximum Gasteiger partial charge on any atom is 0.143 e. The lowest BCUT2D eigenvalue weighted by atomic mass is 9.95. The second kappa shape index (κ2) is 32.4. The van der Waals surface area contributed by atoms with Crippen molar-refractivity contribution in [1.29, 1.82) is 0 Å². The van der Waals surface area contributed by atoms with Crippen LogP contribution in [-0.2, 0) is 0 Å². The molecule has 33 aromatic rings. The van der Waals surface area contributed by atoms with Gasteiger partial charge in [-0.2, -0.15) is 0 Å². The highest BCUT2D eigenvalue weighted by Gasteiger charge is 2.27. The summed E-state index contributed by atoms with van der Waals surface area (Å²) < 4.78 is 33.9. The van der Waals surface area contributed by atoms with Crippen molar-refractivity contribution in [3.63, 3.8) is 0 Å². The number of aromatic nitrogens is 6. The van der Waals surface area contributed by atoms with Crippen molar-refractivity contribution in [2.24, 2.45) is 0 Å². The van der Waals surface area contributed by atoms with E-state index in [0.717, 1.165) is 128 Å². The van der Waals surface area contributed by atoms with Crippen LogP contribution in [0.5, 0.6) is 0 Å². The summed E-state index contributed by atoms with van der Waals surface area (Å²) in [6, 6.07) is 184. The van der Waals surface area contributed by atoms with Crippen molar-refractivity contribution >= 4 is 229 Å². The number of para-hydroxylation sites is 13. The van der Waals surface area contributed by atoms with Crippen LogP contribution in [0.1, 0.15) is 0 Å². The minimum atomic E-state index is 0.912. The quantitative estimate of drug-likeness (QED) is 0.145. The van der Waals surface area contributed by atoms with Gasteiger partial charge in [-0.3, -0.25) is 0 Å². The fourth-order valence-electron chi connectivity index (χ4n) is 24.4. The van der Waals surface area contributed by atoms with Gasteiger partial charge in [-0.1, -0.05) is 358 Å². The zero-order valence-electron chi connectivity index (χ0n) is 79.4. The van der Waals surface area contributed by atoms with E-state index in [2.05, 4.69) is 507 Å². The lowest BCUT2D eigenvalue weighted by Crippen LogP contribution is -1.97. The monoisotopic (exact) mass is 1870 g/mol. The molecular formula is C138H84N6O3. The molecule has 0 aliphatic rings. The Kier molecular flexibility index (Phi) is 18.1. The predicted molar refractivity (Wildman–Crippen MR) is 616 cm³/mol. The molecule has 9 heteroatoms. The first kappa shape index (κ1) is 82.0. The van der Waals surface area contributed by atoms with Gasteiger partial charge in [0.1, 0.15) is 33.5 Å². The van der Waals surface area contributed by atoms with E-state index in [0.29, 0.717) is 0 Å². The summed E-state index contributed by atoms with van der Waals surface area (Å²) in [7, 11) is 0. The average Bonchev–Trinajstić information content (AvgIpc) is 1.56. The Morgan fingerprint density at radius 1 is 0.122 bits per heavy atom. The zero-order chi connectivity index (χ0) is 96.2. The molecule has 684 valence electrons. The van der Waals surface area contributed by atoms with Gasteiger partial charge < -0.3 is 40.7 Å². The van der Waals surface area contributed by atoms with Gasteiger partial charge in [-0.25, -0.2) is 0 Å². The van der Waals surface area contributed by atoms with Gasteiger partial charge in [0.05, 0.1) is 77.6 Å². The molecule has 0 bridgehead atoms. The number of hydrogen-bond acceptors (Lipinski definition) is 3. The predicted octanol–water partition coefficient (Wildman–Crippen LogP) is 37.8. The third-order valence-electron chi connectivity index (χ3n) is 30.9. The molecule has 0 aliphatic heterocycles. The number of benzene rings is 24. The molecule has 9 nitrogen and oxygen atoms in total. The number of hydrogen-bond donors (Lipinski definition) is 0. The van der Waals surface area contributed by atoms with Crippen molar-refractivity contribution in [3.05, 3.63) is 510 Å². The molecule has 0 saturated heterocycles. The van der Waals surface area contributed by atoms with Gasteiger partial charge in [0.15, 0.2) is 0 Å². The molecule has 0 fully saturated rings. The summed E-state index contributed by atoms with van der Waals surface area (Å²) in [6.45, 7) is 0. The molecule has 147 heavy (non-hydrogen) atoms. The molecule has 0 spiro atoms. The van der Waals surface area contributed by atoms with E-state index in [1.54, 1.807) is 0 Å². The molecule has 0 unspecified atom stereocenters. The number of fused-ring (bicyclic) bond motifs is 30. The highest BCUT2D eigenvalue weighted by atomic mass is 16.3. The molecular weight excluding hydrogens is 1790 g/mol. The summed E-state index contributed by atoms with van der Waals surface area (Å²) in [5, 5.41) is 29.2. The van der Waals surface area contributed by atoms with E-state index in [9.17, 15) is 0 Å². The minimum Gasteiger partial charge on any atom is -0.455 e. The summed E-state index contributed by atoms with van der Waals surface area (Å²) >= 11 is 0. The van der Waals surface area contributed by atoms with Crippen molar-refractivity contribution in [3.8, 4) is 67.5 Å². The highest BCUT2D eigenvalue weighted by molar-refractivity contribution is 6.25. The average molecular weight is 1870 g/mol. The molecule has 0 aliphatic carbocycles. The lowest BCUT2D eigenvalue weighted by Gasteiger charge is -2.15. The van der Waals surface area contributed by atoms with Gasteiger partial charge in [0.2, 0.25) is 0 Å². The summed E-state index contributed by atoms with van der Waals surface area (Å²) in [5.74, 6) is 0. The molecule has 24 aromatic carbocycles. The van der Waals surface area contributed by atoms with Gasteiger partial charge in [-0.15, -0.1) is 0 Å². The topological polar surface area (TPSA) is 69.0 Å². The van der Waals surface area contributed by atoms with Crippen LogP contribution in [0.25, 0.3) is 296 Å². The van der Waals surface area contributed by atoms with E-state index >= 15 is 0 Å². The fourth-order valence-corrected chi connectivity index (χ4v) is 24.4. The van der Waals surface area contributed by atoms with E-state index in [1.807, 2.05) is 30.3 Å². The Labute approximate surface area is 840 Å². The van der Waals surface area contributed by atoms with E-state index in [4.69, 9.17) is 13.3 Å². The maximum absolute atomic E-state index is 6.51. The van der Waals surface area contributed by atoms with Gasteiger partial charge in [0, 0.05) is 147 Å². The third-order valence-corrected chi connectivity index (χ3v) is 30.9. The highest BCUT2D eigenvalue weighted by Crippen LogP contribution is 2.50. The van der Waals surface area contributed by atoms with Gasteiger partial charge in [-0.05, 0) is 190 Å². The van der Waals surface area contributed by atoms with Crippen molar-refractivity contribution in [2.45, 2.75) is 0 Å². The van der Waals surface area contributed by atoms with Crippen molar-refractivity contribution in [2.75, 3.05) is 0 Å². The van der Waals surface area contributed by atoms with Crippen molar-refractivity contribution in [1.82, 2.24) is 27.4 Å². The minimum absolute atomic E-state index is 0.912. The molecule has 9 aromatic heterocycles. The van der Waals surface area contributed by atoms with Crippen LogP contribution in [0.4, 0.5) is 0 Å². The normalized spacial score (nSPS) is 12.1. The fraction of sp³-hybridized carbons (Fsp3) is 0. The smallest absolute Gasteiger partial charge is 0.143 e. The third kappa shape index (κ3) is 12.5. The van der Waals surface area contributed by atoms with Crippen LogP contribution >= 0.6 is 0 Å². The molecule has 33 rings (SSSR count). The molecule has 0 atom stereocenters. The first-order valence-electron chi connectivity index (χ1n) is 50.3. The molecule has 0 N–H and O–H groups in total. The largest absolute Gasteiger partial charge is 0.455 e.